The third-order valence-corrected chi connectivity index (χ3v) is 4.99. The van der Waals surface area contributed by atoms with Gasteiger partial charge in [-0.3, -0.25) is 4.79 Å². The topological polar surface area (TPSA) is 42.4 Å². The Labute approximate surface area is 151 Å². The molecule has 0 unspecified atom stereocenters. The minimum Gasteiger partial charge on any atom is -0.486 e. The fraction of sp³-hybridized carbons (Fsp3) is 0.200. The molecule has 3 aromatic rings. The summed E-state index contributed by atoms with van der Waals surface area (Å²) in [6.45, 7) is 4.25. The fourth-order valence-corrected chi connectivity index (χ4v) is 3.37. The van der Waals surface area contributed by atoms with Crippen LogP contribution >= 0.6 is 11.3 Å². The Bertz CT molecular complexity index is 857. The van der Waals surface area contributed by atoms with Crippen molar-refractivity contribution < 1.29 is 9.53 Å². The molecule has 0 saturated carbocycles. The summed E-state index contributed by atoms with van der Waals surface area (Å²) >= 11 is 1.39. The van der Waals surface area contributed by atoms with E-state index in [1.54, 1.807) is 11.9 Å². The summed E-state index contributed by atoms with van der Waals surface area (Å²) in [5.41, 5.74) is 2.78. The maximum absolute atomic E-state index is 12.7. The van der Waals surface area contributed by atoms with Crippen LogP contribution < -0.4 is 9.64 Å². The van der Waals surface area contributed by atoms with Crippen LogP contribution in [0.2, 0.25) is 0 Å². The summed E-state index contributed by atoms with van der Waals surface area (Å²) in [6, 6.07) is 17.5. The van der Waals surface area contributed by atoms with E-state index in [9.17, 15) is 4.79 Å². The maximum Gasteiger partial charge on any atom is 0.270 e. The Morgan fingerprint density at radius 3 is 2.44 bits per heavy atom. The molecule has 0 radical (unpaired) electrons. The lowest BCUT2D eigenvalue weighted by atomic mass is 10.2. The van der Waals surface area contributed by atoms with Gasteiger partial charge in [0.2, 0.25) is 0 Å². The molecule has 1 aromatic heterocycles. The Morgan fingerprint density at radius 2 is 1.76 bits per heavy atom. The van der Waals surface area contributed by atoms with Gasteiger partial charge in [0.25, 0.3) is 5.91 Å². The van der Waals surface area contributed by atoms with Gasteiger partial charge in [-0.05, 0) is 38.1 Å². The van der Waals surface area contributed by atoms with Gasteiger partial charge < -0.3 is 9.64 Å². The molecule has 0 N–H and O–H groups in total. The first-order chi connectivity index (χ1) is 12.0. The highest BCUT2D eigenvalue weighted by molar-refractivity contribution is 7.13. The van der Waals surface area contributed by atoms with Crippen LogP contribution in [0.1, 0.15) is 25.9 Å². The second-order valence-electron chi connectivity index (χ2n) is 5.82. The van der Waals surface area contributed by atoms with E-state index in [-0.39, 0.29) is 5.91 Å². The van der Waals surface area contributed by atoms with Crippen LogP contribution in [0.25, 0.3) is 0 Å². The van der Waals surface area contributed by atoms with Crippen molar-refractivity contribution in [2.24, 2.45) is 0 Å². The van der Waals surface area contributed by atoms with Gasteiger partial charge in [0, 0.05) is 12.7 Å². The second kappa shape index (κ2) is 7.49. The molecule has 0 aliphatic heterocycles. The van der Waals surface area contributed by atoms with Gasteiger partial charge >= 0.3 is 0 Å². The van der Waals surface area contributed by atoms with Gasteiger partial charge in [0.05, 0.1) is 5.69 Å². The Hall–Kier alpha value is -2.66. The first-order valence-corrected chi connectivity index (χ1v) is 8.85. The number of carbonyl (C=O) groups is 1. The van der Waals surface area contributed by atoms with Gasteiger partial charge in [0.15, 0.2) is 0 Å². The lowest BCUT2D eigenvalue weighted by molar-refractivity contribution is 0.0996. The monoisotopic (exact) mass is 352 g/mol. The molecule has 0 bridgehead atoms. The zero-order valence-corrected chi connectivity index (χ0v) is 15.3. The number of thiazole rings is 1. The van der Waals surface area contributed by atoms with Crippen molar-refractivity contribution in [3.63, 3.8) is 0 Å². The smallest absolute Gasteiger partial charge is 0.270 e. The van der Waals surface area contributed by atoms with Crippen LogP contribution in [0.5, 0.6) is 5.75 Å². The van der Waals surface area contributed by atoms with E-state index in [0.29, 0.717) is 11.5 Å². The van der Waals surface area contributed by atoms with Crippen molar-refractivity contribution >= 4 is 22.9 Å². The molecule has 1 amide bonds. The number of nitrogens with zero attached hydrogens (tertiary/aromatic N) is 2. The summed E-state index contributed by atoms with van der Waals surface area (Å²) < 4.78 is 5.76. The molecule has 2 aromatic carbocycles. The Kier molecular flexibility index (Phi) is 5.14. The standard InChI is InChI=1S/C20H20N2O2S/c1-14-9-11-17(12-10-14)24-13-18-21-15(2)19(25-18)20(23)22(3)16-7-5-4-6-8-16/h4-12H,13H2,1-3H3. The number of aryl methyl sites for hydroxylation is 2. The molecule has 0 fully saturated rings. The van der Waals surface area contributed by atoms with Crippen LogP contribution in [0.3, 0.4) is 0 Å². The molecule has 1 heterocycles. The van der Waals surface area contributed by atoms with E-state index < -0.39 is 0 Å². The first kappa shape index (κ1) is 17.2. The number of para-hydroxylation sites is 1. The quantitative estimate of drug-likeness (QED) is 0.673. The summed E-state index contributed by atoms with van der Waals surface area (Å²) in [5.74, 6) is 0.746. The lowest BCUT2D eigenvalue weighted by Gasteiger charge is -2.16. The lowest BCUT2D eigenvalue weighted by Crippen LogP contribution is -2.25. The molecule has 0 saturated heterocycles. The minimum atomic E-state index is -0.0530. The first-order valence-electron chi connectivity index (χ1n) is 8.03. The largest absolute Gasteiger partial charge is 0.486 e. The third kappa shape index (κ3) is 4.06. The number of hydrogen-bond acceptors (Lipinski definition) is 4. The van der Waals surface area contributed by atoms with Crippen molar-refractivity contribution in [3.8, 4) is 5.75 Å². The minimum absolute atomic E-state index is 0.0530. The predicted octanol–water partition coefficient (Wildman–Crippen LogP) is 4.62. The fourth-order valence-electron chi connectivity index (χ4n) is 2.41. The van der Waals surface area contributed by atoms with Crippen molar-refractivity contribution in [1.29, 1.82) is 0 Å². The molecule has 128 valence electrons. The number of hydrogen-bond donors (Lipinski definition) is 0. The second-order valence-corrected chi connectivity index (χ2v) is 6.91. The molecular formula is C20H20N2O2S. The Balaban J connectivity index is 1.71. The number of carbonyl (C=O) groups excluding carboxylic acids is 1. The zero-order valence-electron chi connectivity index (χ0n) is 14.5. The average Bonchev–Trinajstić information content (AvgIpc) is 3.01. The van der Waals surface area contributed by atoms with Crippen LogP contribution in [0.15, 0.2) is 54.6 Å². The molecular weight excluding hydrogens is 332 g/mol. The van der Waals surface area contributed by atoms with E-state index in [4.69, 9.17) is 4.74 Å². The summed E-state index contributed by atoms with van der Waals surface area (Å²) in [7, 11) is 1.78. The van der Waals surface area contributed by atoms with E-state index in [2.05, 4.69) is 4.98 Å². The summed E-state index contributed by atoms with van der Waals surface area (Å²) in [6.07, 6.45) is 0. The molecule has 4 nitrogen and oxygen atoms in total. The van der Waals surface area contributed by atoms with Crippen molar-refractivity contribution in [3.05, 3.63) is 75.7 Å². The van der Waals surface area contributed by atoms with Crippen LogP contribution in [0.4, 0.5) is 5.69 Å². The number of aromatic nitrogens is 1. The number of amides is 1. The molecule has 0 aliphatic rings. The number of anilines is 1. The normalized spacial score (nSPS) is 10.5. The van der Waals surface area contributed by atoms with Gasteiger partial charge in [-0.1, -0.05) is 35.9 Å². The summed E-state index contributed by atoms with van der Waals surface area (Å²) in [4.78, 5) is 19.5. The van der Waals surface area contributed by atoms with Crippen molar-refractivity contribution in [1.82, 2.24) is 4.98 Å². The SMILES string of the molecule is Cc1ccc(OCc2nc(C)c(C(=O)N(C)c3ccccc3)s2)cc1. The Morgan fingerprint density at radius 1 is 1.08 bits per heavy atom. The van der Waals surface area contributed by atoms with E-state index >= 15 is 0 Å². The highest BCUT2D eigenvalue weighted by Crippen LogP contribution is 2.24. The van der Waals surface area contributed by atoms with Crippen LogP contribution in [-0.2, 0) is 6.61 Å². The van der Waals surface area contributed by atoms with Gasteiger partial charge in [0.1, 0.15) is 22.2 Å². The molecule has 0 atom stereocenters. The highest BCUT2D eigenvalue weighted by Gasteiger charge is 2.20. The van der Waals surface area contributed by atoms with Crippen molar-refractivity contribution in [2.75, 3.05) is 11.9 Å². The summed E-state index contributed by atoms with van der Waals surface area (Å²) in [5, 5.41) is 0.794. The molecule has 5 heteroatoms. The number of rotatable bonds is 5. The number of ether oxygens (including phenoxy) is 1. The van der Waals surface area contributed by atoms with Gasteiger partial charge in [-0.15, -0.1) is 11.3 Å². The van der Waals surface area contributed by atoms with E-state index in [1.807, 2.05) is 68.4 Å². The van der Waals surface area contributed by atoms with Crippen LogP contribution in [-0.4, -0.2) is 17.9 Å². The van der Waals surface area contributed by atoms with E-state index in [1.165, 1.54) is 16.9 Å². The van der Waals surface area contributed by atoms with Crippen LogP contribution in [0, 0.1) is 13.8 Å². The third-order valence-electron chi connectivity index (χ3n) is 3.87. The maximum atomic E-state index is 12.7. The number of benzene rings is 2. The van der Waals surface area contributed by atoms with Gasteiger partial charge in [-0.2, -0.15) is 0 Å². The van der Waals surface area contributed by atoms with E-state index in [0.717, 1.165) is 22.1 Å². The van der Waals surface area contributed by atoms with Crippen molar-refractivity contribution in [2.45, 2.75) is 20.5 Å². The molecule has 25 heavy (non-hydrogen) atoms. The zero-order chi connectivity index (χ0) is 17.8. The average molecular weight is 352 g/mol. The highest BCUT2D eigenvalue weighted by atomic mass is 32.1. The molecule has 0 aliphatic carbocycles. The molecule has 3 rings (SSSR count). The molecule has 0 spiro atoms. The van der Waals surface area contributed by atoms with Gasteiger partial charge in [-0.25, -0.2) is 4.98 Å². The predicted molar refractivity (Wildman–Crippen MR) is 102 cm³/mol.